The molecule has 0 saturated heterocycles. The van der Waals surface area contributed by atoms with Crippen molar-refractivity contribution in [3.8, 4) is 0 Å². The number of hydrogen-bond acceptors (Lipinski definition) is 5. The molecule has 0 aliphatic heterocycles. The van der Waals surface area contributed by atoms with Crippen LogP contribution < -0.4 is 9.62 Å². The second-order valence-corrected chi connectivity index (χ2v) is 11.3. The van der Waals surface area contributed by atoms with Crippen molar-refractivity contribution in [2.45, 2.75) is 22.8 Å². The van der Waals surface area contributed by atoms with Crippen LogP contribution >= 0.6 is 0 Å². The van der Waals surface area contributed by atoms with Crippen LogP contribution in [0.3, 0.4) is 0 Å². The highest BCUT2D eigenvalue weighted by atomic mass is 32.2. The molecule has 3 aromatic carbocycles. The maximum Gasteiger partial charge on any atom is 0.264 e. The molecule has 0 bridgehead atoms. The monoisotopic (exact) mass is 472 g/mol. The Morgan fingerprint density at radius 3 is 1.97 bits per heavy atom. The van der Waals surface area contributed by atoms with E-state index in [1.54, 1.807) is 61.5 Å². The lowest BCUT2D eigenvalue weighted by atomic mass is 10.1. The highest BCUT2D eigenvalue weighted by Crippen LogP contribution is 2.26. The summed E-state index contributed by atoms with van der Waals surface area (Å²) in [5, 5.41) is 2.85. The van der Waals surface area contributed by atoms with Crippen LogP contribution in [0.15, 0.2) is 88.7 Å². The van der Waals surface area contributed by atoms with E-state index >= 15 is 0 Å². The summed E-state index contributed by atoms with van der Waals surface area (Å²) in [5.74, 6) is -0.449. The van der Waals surface area contributed by atoms with Gasteiger partial charge in [-0.3, -0.25) is 9.10 Å². The van der Waals surface area contributed by atoms with Crippen molar-refractivity contribution in [3.63, 3.8) is 0 Å². The van der Waals surface area contributed by atoms with E-state index in [4.69, 9.17) is 0 Å². The number of carbonyl (C=O) groups is 1. The van der Waals surface area contributed by atoms with Crippen LogP contribution in [0.4, 0.5) is 5.69 Å². The molecule has 3 rings (SSSR count). The fourth-order valence-corrected chi connectivity index (χ4v) is 5.05. The van der Waals surface area contributed by atoms with Crippen LogP contribution in [0.25, 0.3) is 0 Å². The summed E-state index contributed by atoms with van der Waals surface area (Å²) >= 11 is 0. The maximum absolute atomic E-state index is 13.0. The molecule has 0 unspecified atom stereocenters. The second kappa shape index (κ2) is 9.13. The molecular formula is C23H24N2O5S2. The lowest BCUT2D eigenvalue weighted by Crippen LogP contribution is -2.31. The molecule has 0 heterocycles. The zero-order chi connectivity index (χ0) is 23.5. The third-order valence-electron chi connectivity index (χ3n) is 5.05. The Morgan fingerprint density at radius 2 is 1.38 bits per heavy atom. The number of carbonyl (C=O) groups excluding carboxylic acids is 1. The molecule has 0 aromatic heterocycles. The first kappa shape index (κ1) is 23.5. The Hall–Kier alpha value is -3.17. The number of nitrogens with zero attached hydrogens (tertiary/aromatic N) is 1. The molecule has 0 saturated carbocycles. The first-order valence-electron chi connectivity index (χ1n) is 9.75. The lowest BCUT2D eigenvalue weighted by molar-refractivity contribution is 0.0940. The maximum atomic E-state index is 13.0. The number of sulfonamides is 1. The third-order valence-corrected chi connectivity index (χ3v) is 7.96. The fraction of sp³-hybridized carbons (Fsp3) is 0.174. The molecule has 0 aliphatic rings. The third kappa shape index (κ3) is 5.00. The van der Waals surface area contributed by atoms with Crippen LogP contribution in [-0.4, -0.2) is 36.0 Å². The molecular weight excluding hydrogens is 448 g/mol. The molecule has 9 heteroatoms. The molecule has 0 aliphatic carbocycles. The topological polar surface area (TPSA) is 101 Å². The number of sulfone groups is 1. The number of rotatable bonds is 7. The number of anilines is 1. The van der Waals surface area contributed by atoms with Crippen molar-refractivity contribution < 1.29 is 21.6 Å². The molecule has 0 spiro atoms. The van der Waals surface area contributed by atoms with Gasteiger partial charge in [0.1, 0.15) is 0 Å². The predicted molar refractivity (Wildman–Crippen MR) is 124 cm³/mol. The highest BCUT2D eigenvalue weighted by Gasteiger charge is 2.25. The average Bonchev–Trinajstić information content (AvgIpc) is 2.78. The number of nitrogens with one attached hydrogen (secondary N) is 1. The molecule has 32 heavy (non-hydrogen) atoms. The van der Waals surface area contributed by atoms with Gasteiger partial charge < -0.3 is 5.32 Å². The summed E-state index contributed by atoms with van der Waals surface area (Å²) in [7, 11) is -5.76. The minimum absolute atomic E-state index is 0.122. The molecule has 1 N–H and O–H groups in total. The number of hydrogen-bond donors (Lipinski definition) is 1. The van der Waals surface area contributed by atoms with Gasteiger partial charge in [0.25, 0.3) is 15.9 Å². The second-order valence-electron chi connectivity index (χ2n) is 7.34. The quantitative estimate of drug-likeness (QED) is 0.568. The summed E-state index contributed by atoms with van der Waals surface area (Å²) in [6, 6.07) is 20.3. The molecule has 7 nitrogen and oxygen atoms in total. The van der Waals surface area contributed by atoms with Gasteiger partial charge in [-0.1, -0.05) is 42.5 Å². The first-order chi connectivity index (χ1) is 15.0. The van der Waals surface area contributed by atoms with E-state index in [1.807, 2.05) is 0 Å². The van der Waals surface area contributed by atoms with Gasteiger partial charge in [0.15, 0.2) is 9.84 Å². The van der Waals surface area contributed by atoms with Crippen molar-refractivity contribution in [1.29, 1.82) is 0 Å². The van der Waals surface area contributed by atoms with Crippen LogP contribution in [0, 0.1) is 0 Å². The minimum atomic E-state index is -3.85. The normalized spacial score (nSPS) is 12.7. The molecule has 1 atom stereocenters. The van der Waals surface area contributed by atoms with Gasteiger partial charge in [-0.05, 0) is 48.9 Å². The van der Waals surface area contributed by atoms with E-state index < -0.39 is 31.8 Å². The summed E-state index contributed by atoms with van der Waals surface area (Å²) in [6.45, 7) is 1.76. The van der Waals surface area contributed by atoms with Gasteiger partial charge in [0.05, 0.1) is 27.1 Å². The Labute approximate surface area is 188 Å². The zero-order valence-corrected chi connectivity index (χ0v) is 19.5. The van der Waals surface area contributed by atoms with Crippen LogP contribution in [0.5, 0.6) is 0 Å². The number of para-hydroxylation sites is 1. The van der Waals surface area contributed by atoms with Gasteiger partial charge in [0, 0.05) is 13.3 Å². The van der Waals surface area contributed by atoms with Crippen molar-refractivity contribution in [1.82, 2.24) is 5.32 Å². The highest BCUT2D eigenvalue weighted by molar-refractivity contribution is 7.92. The fourth-order valence-electron chi connectivity index (χ4n) is 3.18. The van der Waals surface area contributed by atoms with Crippen LogP contribution in [0.1, 0.15) is 28.9 Å². The zero-order valence-electron chi connectivity index (χ0n) is 17.9. The van der Waals surface area contributed by atoms with Crippen molar-refractivity contribution in [2.24, 2.45) is 0 Å². The van der Waals surface area contributed by atoms with Crippen LogP contribution in [-0.2, 0) is 19.9 Å². The van der Waals surface area contributed by atoms with Crippen molar-refractivity contribution >= 4 is 31.5 Å². The van der Waals surface area contributed by atoms with Gasteiger partial charge in [0.2, 0.25) is 0 Å². The minimum Gasteiger partial charge on any atom is -0.345 e. The lowest BCUT2D eigenvalue weighted by Gasteiger charge is -2.23. The molecule has 0 radical (unpaired) electrons. The van der Waals surface area contributed by atoms with Crippen LogP contribution in [0.2, 0.25) is 0 Å². The summed E-state index contributed by atoms with van der Waals surface area (Å²) in [5.41, 5.74) is 1.16. The first-order valence-corrected chi connectivity index (χ1v) is 13.1. The van der Waals surface area contributed by atoms with Gasteiger partial charge in [-0.15, -0.1) is 0 Å². The number of benzene rings is 3. The van der Waals surface area contributed by atoms with E-state index in [0.717, 1.165) is 10.6 Å². The standard InChI is InChI=1S/C23H24N2O5S2/c1-17(18-13-15-19(16-14-18)31(3,27)28)24-23(26)21-11-7-8-12-22(21)25(2)32(29,30)20-9-5-4-6-10-20/h4-17H,1-3H3,(H,24,26)/t17-/m0/s1. The van der Waals surface area contributed by atoms with Gasteiger partial charge in [-0.2, -0.15) is 0 Å². The molecule has 1 amide bonds. The molecule has 0 fully saturated rings. The van der Waals surface area contributed by atoms with E-state index in [1.165, 1.54) is 31.3 Å². The summed E-state index contributed by atoms with van der Waals surface area (Å²) in [4.78, 5) is 13.3. The van der Waals surface area contributed by atoms with Gasteiger partial charge >= 0.3 is 0 Å². The summed E-state index contributed by atoms with van der Waals surface area (Å²) in [6.07, 6.45) is 1.13. The SMILES string of the molecule is C[C@H](NC(=O)c1ccccc1N(C)S(=O)(=O)c1ccccc1)c1ccc(S(C)(=O)=O)cc1. The Bertz CT molecular complexity index is 1320. The predicted octanol–water partition coefficient (Wildman–Crippen LogP) is 3.41. The van der Waals surface area contributed by atoms with E-state index in [9.17, 15) is 21.6 Å². The Kier molecular flexibility index (Phi) is 6.71. The van der Waals surface area contributed by atoms with E-state index in [-0.39, 0.29) is 21.0 Å². The van der Waals surface area contributed by atoms with E-state index in [0.29, 0.717) is 5.56 Å². The van der Waals surface area contributed by atoms with Crippen molar-refractivity contribution in [3.05, 3.63) is 90.0 Å². The smallest absolute Gasteiger partial charge is 0.264 e. The average molecular weight is 473 g/mol. The summed E-state index contributed by atoms with van der Waals surface area (Å²) < 4.78 is 50.4. The van der Waals surface area contributed by atoms with Crippen molar-refractivity contribution in [2.75, 3.05) is 17.6 Å². The van der Waals surface area contributed by atoms with Gasteiger partial charge in [-0.25, -0.2) is 16.8 Å². The Balaban J connectivity index is 1.86. The molecule has 3 aromatic rings. The van der Waals surface area contributed by atoms with E-state index in [2.05, 4.69) is 5.32 Å². The Morgan fingerprint density at radius 1 is 0.812 bits per heavy atom. The number of amides is 1. The largest absolute Gasteiger partial charge is 0.345 e. The molecule has 168 valence electrons.